The highest BCUT2D eigenvalue weighted by molar-refractivity contribution is 9.10. The Kier molecular flexibility index (Phi) is 11.5. The van der Waals surface area contributed by atoms with Gasteiger partial charge in [0.05, 0.1) is 22.2 Å². The normalized spacial score (nSPS) is 11.9. The summed E-state index contributed by atoms with van der Waals surface area (Å²) in [4.78, 5) is 29.1. The first-order chi connectivity index (χ1) is 21.4. The van der Waals surface area contributed by atoms with E-state index in [1.54, 1.807) is 42.5 Å². The molecule has 236 valence electrons. The lowest BCUT2D eigenvalue weighted by atomic mass is 10.0. The fraction of sp³-hybridized carbons (Fsp3) is 0.212. The van der Waals surface area contributed by atoms with Crippen molar-refractivity contribution in [1.82, 2.24) is 10.2 Å². The van der Waals surface area contributed by atoms with E-state index in [2.05, 4.69) is 21.2 Å². The summed E-state index contributed by atoms with van der Waals surface area (Å²) < 4.78 is 35.2. The third-order valence-corrected chi connectivity index (χ3v) is 10.2. The molecule has 8 nitrogen and oxygen atoms in total. The van der Waals surface area contributed by atoms with Gasteiger partial charge in [-0.3, -0.25) is 13.9 Å². The quantitative estimate of drug-likeness (QED) is 0.176. The van der Waals surface area contributed by atoms with Crippen molar-refractivity contribution in [2.45, 2.75) is 30.8 Å². The van der Waals surface area contributed by atoms with Crippen LogP contribution in [0.3, 0.4) is 0 Å². The highest BCUT2D eigenvalue weighted by Gasteiger charge is 2.35. The largest absolute Gasteiger partial charge is 0.496 e. The zero-order valence-electron chi connectivity index (χ0n) is 24.8. The summed E-state index contributed by atoms with van der Waals surface area (Å²) in [6.45, 7) is 1.21. The molecule has 0 saturated heterocycles. The monoisotopic (exact) mass is 731 g/mol. The minimum atomic E-state index is -4.28. The maximum absolute atomic E-state index is 14.4. The molecule has 0 aliphatic heterocycles. The van der Waals surface area contributed by atoms with Gasteiger partial charge in [-0.2, -0.15) is 0 Å². The number of halogens is 3. The average molecular weight is 734 g/mol. The molecule has 45 heavy (non-hydrogen) atoms. The van der Waals surface area contributed by atoms with E-state index >= 15 is 0 Å². The molecule has 1 N–H and O–H groups in total. The van der Waals surface area contributed by atoms with Crippen LogP contribution in [0.5, 0.6) is 5.75 Å². The van der Waals surface area contributed by atoms with Crippen molar-refractivity contribution in [3.8, 4) is 5.75 Å². The number of anilines is 1. The van der Waals surface area contributed by atoms with E-state index in [4.69, 9.17) is 27.9 Å². The van der Waals surface area contributed by atoms with Crippen molar-refractivity contribution in [3.05, 3.63) is 122 Å². The number of nitrogens with zero attached hydrogens (tertiary/aromatic N) is 2. The molecule has 0 fully saturated rings. The molecule has 2 amide bonds. The molecule has 0 spiro atoms. The third kappa shape index (κ3) is 8.38. The standard InChI is InChI=1S/C33H32BrCl2N3O5S/c1-22-9-13-26(14-10-22)39(45(42,43)27-15-16-31(44-3)28(34)19-27)21-32(40)38(20-24-11-12-25(35)18-29(24)36)30(33(41)37-2)17-23-7-5-4-6-8-23/h4-16,18-19,30H,17,20-21H2,1-3H3,(H,37,41)/t30-/m1/s1. The lowest BCUT2D eigenvalue weighted by Crippen LogP contribution is -2.53. The highest BCUT2D eigenvalue weighted by atomic mass is 79.9. The number of nitrogens with one attached hydrogen (secondary N) is 1. The van der Waals surface area contributed by atoms with Crippen LogP contribution >= 0.6 is 39.1 Å². The van der Waals surface area contributed by atoms with E-state index in [9.17, 15) is 18.0 Å². The maximum Gasteiger partial charge on any atom is 0.264 e. The number of amides is 2. The van der Waals surface area contributed by atoms with Gasteiger partial charge in [0.2, 0.25) is 11.8 Å². The van der Waals surface area contributed by atoms with E-state index in [0.717, 1.165) is 15.4 Å². The zero-order chi connectivity index (χ0) is 32.7. The molecule has 4 aromatic carbocycles. The predicted molar refractivity (Wildman–Crippen MR) is 181 cm³/mol. The highest BCUT2D eigenvalue weighted by Crippen LogP contribution is 2.31. The van der Waals surface area contributed by atoms with Crippen LogP contribution in [0.4, 0.5) is 5.69 Å². The van der Waals surface area contributed by atoms with Gasteiger partial charge in [0.25, 0.3) is 10.0 Å². The van der Waals surface area contributed by atoms with Gasteiger partial charge in [-0.15, -0.1) is 0 Å². The van der Waals surface area contributed by atoms with Crippen molar-refractivity contribution in [3.63, 3.8) is 0 Å². The van der Waals surface area contributed by atoms with E-state index in [1.807, 2.05) is 37.3 Å². The number of sulfonamides is 1. The molecular formula is C33H32BrCl2N3O5S. The average Bonchev–Trinajstić information content (AvgIpc) is 3.02. The Morgan fingerprint density at radius 3 is 2.24 bits per heavy atom. The molecule has 4 rings (SSSR count). The first-order valence-electron chi connectivity index (χ1n) is 13.9. The van der Waals surface area contributed by atoms with Gasteiger partial charge in [0.15, 0.2) is 0 Å². The van der Waals surface area contributed by atoms with Gasteiger partial charge in [0, 0.05) is 30.1 Å². The minimum Gasteiger partial charge on any atom is -0.496 e. The number of carbonyl (C=O) groups excluding carboxylic acids is 2. The number of carbonyl (C=O) groups is 2. The number of likely N-dealkylation sites (N-methyl/N-ethyl adjacent to an activating group) is 1. The van der Waals surface area contributed by atoms with Crippen LogP contribution in [-0.2, 0) is 32.6 Å². The fourth-order valence-corrected chi connectivity index (χ4v) is 7.33. The molecule has 0 aliphatic carbocycles. The molecule has 1 atom stereocenters. The summed E-state index contributed by atoms with van der Waals surface area (Å²) in [6, 6.07) is 24.3. The molecule has 0 bridgehead atoms. The van der Waals surface area contributed by atoms with E-state index in [0.29, 0.717) is 25.8 Å². The topological polar surface area (TPSA) is 96.0 Å². The number of aryl methyl sites for hydroxylation is 1. The van der Waals surface area contributed by atoms with Gasteiger partial charge in [-0.25, -0.2) is 8.42 Å². The number of benzene rings is 4. The molecule has 0 aromatic heterocycles. The SMILES string of the molecule is CNC(=O)[C@@H](Cc1ccccc1)N(Cc1ccc(Cl)cc1Cl)C(=O)CN(c1ccc(C)cc1)S(=O)(=O)c1ccc(OC)c(Br)c1. The number of rotatable bonds is 12. The molecular weight excluding hydrogens is 701 g/mol. The second-order valence-corrected chi connectivity index (χ2v) is 13.8. The summed E-state index contributed by atoms with van der Waals surface area (Å²) >= 11 is 16.0. The van der Waals surface area contributed by atoms with Crippen molar-refractivity contribution in [1.29, 1.82) is 0 Å². The van der Waals surface area contributed by atoms with E-state index in [-0.39, 0.29) is 23.5 Å². The Morgan fingerprint density at radius 1 is 0.956 bits per heavy atom. The molecule has 0 aliphatic rings. The molecule has 0 unspecified atom stereocenters. The second-order valence-electron chi connectivity index (χ2n) is 10.2. The second kappa shape index (κ2) is 15.1. The van der Waals surface area contributed by atoms with Crippen LogP contribution in [0.15, 0.2) is 100 Å². The predicted octanol–water partition coefficient (Wildman–Crippen LogP) is 6.65. The molecule has 0 saturated carbocycles. The molecule has 4 aromatic rings. The van der Waals surface area contributed by atoms with Crippen LogP contribution in [0.25, 0.3) is 0 Å². The Hall–Kier alpha value is -3.57. The summed E-state index contributed by atoms with van der Waals surface area (Å²) in [6.07, 6.45) is 0.181. The fourth-order valence-electron chi connectivity index (χ4n) is 4.73. The number of hydrogen-bond acceptors (Lipinski definition) is 5. The Bertz CT molecular complexity index is 1770. The lowest BCUT2D eigenvalue weighted by Gasteiger charge is -2.33. The van der Waals surface area contributed by atoms with E-state index < -0.39 is 34.4 Å². The van der Waals surface area contributed by atoms with Crippen LogP contribution in [0, 0.1) is 6.92 Å². The molecule has 12 heteroatoms. The van der Waals surface area contributed by atoms with Gasteiger partial charge in [0.1, 0.15) is 18.3 Å². The van der Waals surface area contributed by atoms with Crippen LogP contribution in [0.2, 0.25) is 10.0 Å². The van der Waals surface area contributed by atoms with E-state index in [1.165, 1.54) is 37.3 Å². The number of hydrogen-bond donors (Lipinski definition) is 1. The number of methoxy groups -OCH3 is 1. The molecule has 0 radical (unpaired) electrons. The Labute approximate surface area is 282 Å². The maximum atomic E-state index is 14.4. The summed E-state index contributed by atoms with van der Waals surface area (Å²) in [5.41, 5.74) is 2.55. The first-order valence-corrected chi connectivity index (χ1v) is 16.9. The lowest BCUT2D eigenvalue weighted by molar-refractivity contribution is -0.139. The van der Waals surface area contributed by atoms with Gasteiger partial charge >= 0.3 is 0 Å². The van der Waals surface area contributed by atoms with Gasteiger partial charge < -0.3 is 15.0 Å². The van der Waals surface area contributed by atoms with Crippen LogP contribution < -0.4 is 14.4 Å². The van der Waals surface area contributed by atoms with Gasteiger partial charge in [-0.05, 0) is 76.4 Å². The first kappa shape index (κ1) is 34.3. The van der Waals surface area contributed by atoms with Crippen molar-refractivity contribution >= 4 is 66.7 Å². The van der Waals surface area contributed by atoms with Crippen molar-refractivity contribution < 1.29 is 22.7 Å². The van der Waals surface area contributed by atoms with Crippen molar-refractivity contribution in [2.24, 2.45) is 0 Å². The third-order valence-electron chi connectivity index (χ3n) is 7.19. The summed E-state index contributed by atoms with van der Waals surface area (Å²) in [5.74, 6) is -0.573. The van der Waals surface area contributed by atoms with Crippen LogP contribution in [-0.4, -0.2) is 51.9 Å². The number of ether oxygens (including phenoxy) is 1. The zero-order valence-corrected chi connectivity index (χ0v) is 28.8. The minimum absolute atomic E-state index is 0.0528. The van der Waals surface area contributed by atoms with Crippen molar-refractivity contribution in [2.75, 3.05) is 25.0 Å². The molecule has 0 heterocycles. The van der Waals surface area contributed by atoms with Crippen LogP contribution in [0.1, 0.15) is 16.7 Å². The Balaban J connectivity index is 1.81. The summed E-state index contributed by atoms with van der Waals surface area (Å²) in [5, 5.41) is 3.38. The smallest absolute Gasteiger partial charge is 0.264 e. The summed E-state index contributed by atoms with van der Waals surface area (Å²) in [7, 11) is -1.32. The van der Waals surface area contributed by atoms with Gasteiger partial charge in [-0.1, -0.05) is 77.3 Å². The Morgan fingerprint density at radius 2 is 1.64 bits per heavy atom.